The summed E-state index contributed by atoms with van der Waals surface area (Å²) in [5.41, 5.74) is 0. The molecule has 0 aromatic carbocycles. The lowest BCUT2D eigenvalue weighted by Crippen LogP contribution is -2.59. The van der Waals surface area contributed by atoms with E-state index in [2.05, 4.69) is 17.1 Å². The van der Waals surface area contributed by atoms with E-state index in [9.17, 15) is 0 Å². The molecule has 2 aliphatic heterocycles. The molecule has 2 aliphatic rings. The summed E-state index contributed by atoms with van der Waals surface area (Å²) in [4.78, 5) is 2.66. The summed E-state index contributed by atoms with van der Waals surface area (Å²) in [5.74, 6) is 0.935. The zero-order valence-corrected chi connectivity index (χ0v) is 7.34. The molecule has 11 heavy (non-hydrogen) atoms. The lowest BCUT2D eigenvalue weighted by molar-refractivity contribution is 0.0960. The molecule has 2 heterocycles. The standard InChI is InChI=1S/C9H18N2/c1-8-3-2-4-11(7-8)9-5-10-6-9/h8-10H,2-7H2,1H3. The monoisotopic (exact) mass is 154 g/mol. The maximum absolute atomic E-state index is 3.33. The van der Waals surface area contributed by atoms with Crippen LogP contribution in [0, 0.1) is 5.92 Å². The summed E-state index contributed by atoms with van der Waals surface area (Å²) in [6.45, 7) is 7.51. The van der Waals surface area contributed by atoms with Gasteiger partial charge in [-0.1, -0.05) is 6.92 Å². The molecule has 64 valence electrons. The third kappa shape index (κ3) is 1.57. The molecule has 2 heteroatoms. The number of hydrogen-bond donors (Lipinski definition) is 1. The Hall–Kier alpha value is -0.0800. The summed E-state index contributed by atoms with van der Waals surface area (Å²) in [7, 11) is 0. The number of rotatable bonds is 1. The molecule has 0 amide bonds. The minimum Gasteiger partial charge on any atom is -0.314 e. The number of nitrogens with zero attached hydrogens (tertiary/aromatic N) is 1. The molecule has 0 saturated carbocycles. The van der Waals surface area contributed by atoms with E-state index in [1.54, 1.807) is 0 Å². The number of hydrogen-bond acceptors (Lipinski definition) is 2. The van der Waals surface area contributed by atoms with Crippen molar-refractivity contribution in [3.05, 3.63) is 0 Å². The van der Waals surface area contributed by atoms with Crippen LogP contribution >= 0.6 is 0 Å². The van der Waals surface area contributed by atoms with Crippen molar-refractivity contribution in [2.45, 2.75) is 25.8 Å². The van der Waals surface area contributed by atoms with E-state index in [0.717, 1.165) is 12.0 Å². The zero-order valence-electron chi connectivity index (χ0n) is 7.34. The van der Waals surface area contributed by atoms with Gasteiger partial charge in [0, 0.05) is 25.7 Å². The predicted octanol–water partition coefficient (Wildman–Crippen LogP) is 0.690. The van der Waals surface area contributed by atoms with Crippen LogP contribution in [0.1, 0.15) is 19.8 Å². The highest BCUT2D eigenvalue weighted by Gasteiger charge is 2.27. The zero-order chi connectivity index (χ0) is 7.68. The Morgan fingerprint density at radius 1 is 1.36 bits per heavy atom. The molecule has 0 spiro atoms. The highest BCUT2D eigenvalue weighted by Crippen LogP contribution is 2.18. The predicted molar refractivity (Wildman–Crippen MR) is 46.6 cm³/mol. The molecule has 1 unspecified atom stereocenters. The SMILES string of the molecule is CC1CCCN(C2CNC2)C1. The molecule has 1 atom stereocenters. The van der Waals surface area contributed by atoms with E-state index in [1.165, 1.54) is 39.0 Å². The molecular formula is C9H18N2. The Labute approximate surface area is 69.0 Å². The summed E-state index contributed by atoms with van der Waals surface area (Å²) in [6, 6.07) is 0.873. The number of piperidine rings is 1. The summed E-state index contributed by atoms with van der Waals surface area (Å²) in [5, 5.41) is 3.33. The van der Waals surface area contributed by atoms with Gasteiger partial charge in [0.25, 0.3) is 0 Å². The maximum atomic E-state index is 3.33. The summed E-state index contributed by atoms with van der Waals surface area (Å²) < 4.78 is 0. The maximum Gasteiger partial charge on any atom is 0.0345 e. The average Bonchev–Trinajstić information content (AvgIpc) is 1.83. The van der Waals surface area contributed by atoms with Crippen molar-refractivity contribution in [1.29, 1.82) is 0 Å². The van der Waals surface area contributed by atoms with Crippen LogP contribution in [0.5, 0.6) is 0 Å². The van der Waals surface area contributed by atoms with Crippen molar-refractivity contribution in [2.75, 3.05) is 26.2 Å². The fourth-order valence-corrected chi connectivity index (χ4v) is 2.09. The van der Waals surface area contributed by atoms with Crippen molar-refractivity contribution < 1.29 is 0 Å². The van der Waals surface area contributed by atoms with Gasteiger partial charge in [-0.3, -0.25) is 4.90 Å². The molecule has 0 aliphatic carbocycles. The van der Waals surface area contributed by atoms with Crippen molar-refractivity contribution in [3.8, 4) is 0 Å². The van der Waals surface area contributed by atoms with Gasteiger partial charge in [-0.2, -0.15) is 0 Å². The first-order valence-corrected chi connectivity index (χ1v) is 4.81. The molecule has 0 radical (unpaired) electrons. The van der Waals surface area contributed by atoms with E-state index in [-0.39, 0.29) is 0 Å². The van der Waals surface area contributed by atoms with Gasteiger partial charge in [0.1, 0.15) is 0 Å². The second-order valence-corrected chi connectivity index (χ2v) is 4.05. The second-order valence-electron chi connectivity index (χ2n) is 4.05. The second kappa shape index (κ2) is 3.11. The van der Waals surface area contributed by atoms with E-state index in [4.69, 9.17) is 0 Å². The van der Waals surface area contributed by atoms with Crippen molar-refractivity contribution in [2.24, 2.45) is 5.92 Å². The first-order valence-electron chi connectivity index (χ1n) is 4.81. The van der Waals surface area contributed by atoms with Gasteiger partial charge in [0.2, 0.25) is 0 Å². The molecule has 2 saturated heterocycles. The highest BCUT2D eigenvalue weighted by molar-refractivity contribution is 4.86. The van der Waals surface area contributed by atoms with Gasteiger partial charge in [-0.15, -0.1) is 0 Å². The molecule has 0 aromatic heterocycles. The smallest absolute Gasteiger partial charge is 0.0345 e. The number of nitrogens with one attached hydrogen (secondary N) is 1. The van der Waals surface area contributed by atoms with Gasteiger partial charge in [-0.25, -0.2) is 0 Å². The van der Waals surface area contributed by atoms with E-state index in [0.29, 0.717) is 0 Å². The lowest BCUT2D eigenvalue weighted by atomic mass is 9.97. The van der Waals surface area contributed by atoms with Crippen LogP contribution in [-0.4, -0.2) is 37.1 Å². The van der Waals surface area contributed by atoms with Crippen LogP contribution in [0.3, 0.4) is 0 Å². The molecule has 2 nitrogen and oxygen atoms in total. The van der Waals surface area contributed by atoms with Crippen molar-refractivity contribution in [1.82, 2.24) is 10.2 Å². The Bertz CT molecular complexity index is 132. The van der Waals surface area contributed by atoms with Crippen LogP contribution in [0.2, 0.25) is 0 Å². The lowest BCUT2D eigenvalue weighted by Gasteiger charge is -2.42. The van der Waals surface area contributed by atoms with Crippen LogP contribution in [0.25, 0.3) is 0 Å². The van der Waals surface area contributed by atoms with Crippen LogP contribution in [0.4, 0.5) is 0 Å². The number of likely N-dealkylation sites (tertiary alicyclic amines) is 1. The third-order valence-corrected chi connectivity index (χ3v) is 2.96. The molecule has 1 N–H and O–H groups in total. The first-order chi connectivity index (χ1) is 5.36. The van der Waals surface area contributed by atoms with Crippen molar-refractivity contribution >= 4 is 0 Å². The fraction of sp³-hybridized carbons (Fsp3) is 1.00. The molecule has 0 bridgehead atoms. The molecule has 0 aromatic rings. The normalized spacial score (nSPS) is 35.2. The Kier molecular flexibility index (Phi) is 2.14. The summed E-state index contributed by atoms with van der Waals surface area (Å²) in [6.07, 6.45) is 2.86. The molecule has 2 rings (SSSR count). The molecule has 2 fully saturated rings. The largest absolute Gasteiger partial charge is 0.314 e. The topological polar surface area (TPSA) is 15.3 Å². The first kappa shape index (κ1) is 7.56. The quantitative estimate of drug-likeness (QED) is 0.598. The van der Waals surface area contributed by atoms with Crippen LogP contribution < -0.4 is 5.32 Å². The minimum atomic E-state index is 0.873. The minimum absolute atomic E-state index is 0.873. The van der Waals surface area contributed by atoms with E-state index < -0.39 is 0 Å². The average molecular weight is 154 g/mol. The van der Waals surface area contributed by atoms with E-state index >= 15 is 0 Å². The third-order valence-electron chi connectivity index (χ3n) is 2.96. The van der Waals surface area contributed by atoms with Gasteiger partial charge in [0.05, 0.1) is 0 Å². The molecular weight excluding hydrogens is 136 g/mol. The highest BCUT2D eigenvalue weighted by atomic mass is 15.2. The van der Waals surface area contributed by atoms with Gasteiger partial charge in [0.15, 0.2) is 0 Å². The van der Waals surface area contributed by atoms with Gasteiger partial charge in [-0.05, 0) is 25.3 Å². The Morgan fingerprint density at radius 2 is 2.18 bits per heavy atom. The van der Waals surface area contributed by atoms with Crippen LogP contribution in [-0.2, 0) is 0 Å². The Morgan fingerprint density at radius 3 is 2.73 bits per heavy atom. The van der Waals surface area contributed by atoms with E-state index in [1.807, 2.05) is 0 Å². The van der Waals surface area contributed by atoms with Crippen LogP contribution in [0.15, 0.2) is 0 Å². The van der Waals surface area contributed by atoms with Gasteiger partial charge < -0.3 is 5.32 Å². The fourth-order valence-electron chi connectivity index (χ4n) is 2.09. The Balaban J connectivity index is 1.82. The summed E-state index contributed by atoms with van der Waals surface area (Å²) >= 11 is 0. The van der Waals surface area contributed by atoms with Crippen molar-refractivity contribution in [3.63, 3.8) is 0 Å². The van der Waals surface area contributed by atoms with Gasteiger partial charge >= 0.3 is 0 Å².